The second kappa shape index (κ2) is 6.93. The van der Waals surface area contributed by atoms with Crippen LogP contribution in [0.15, 0.2) is 0 Å². The van der Waals surface area contributed by atoms with Crippen molar-refractivity contribution in [3.63, 3.8) is 0 Å². The topological polar surface area (TPSA) is 47.1 Å². The minimum Gasteiger partial charge on any atom is -0.330 e. The van der Waals surface area contributed by atoms with Crippen LogP contribution in [0.5, 0.6) is 0 Å². The molecule has 3 unspecified atom stereocenters. The van der Waals surface area contributed by atoms with Crippen LogP contribution in [0.1, 0.15) is 62.5 Å². The fourth-order valence-electron chi connectivity index (χ4n) is 4.26. The Hall–Kier alpha value is -0.870. The fourth-order valence-corrected chi connectivity index (χ4v) is 4.26. The van der Waals surface area contributed by atoms with Crippen LogP contribution in [-0.4, -0.2) is 33.8 Å². The molecule has 1 saturated carbocycles. The zero-order valence-electron chi connectivity index (χ0n) is 14.4. The molecule has 0 saturated heterocycles. The quantitative estimate of drug-likeness (QED) is 0.907. The zero-order chi connectivity index (χ0) is 15.6. The summed E-state index contributed by atoms with van der Waals surface area (Å²) < 4.78 is 2.01. The zero-order valence-corrected chi connectivity index (χ0v) is 14.4. The molecule has 2 N–H and O–H groups in total. The Bertz CT molecular complexity index is 466. The van der Waals surface area contributed by atoms with Gasteiger partial charge in [-0.1, -0.05) is 19.8 Å². The lowest BCUT2D eigenvalue weighted by molar-refractivity contribution is 0.0764. The van der Waals surface area contributed by atoms with Gasteiger partial charge in [-0.25, -0.2) is 0 Å². The summed E-state index contributed by atoms with van der Waals surface area (Å²) in [5.74, 6) is 0.651. The molecule has 4 heteroatoms. The van der Waals surface area contributed by atoms with Crippen LogP contribution in [0.25, 0.3) is 0 Å². The van der Waals surface area contributed by atoms with Crippen molar-refractivity contribution in [3.05, 3.63) is 17.0 Å². The smallest absolute Gasteiger partial charge is 0.0644 e. The first kappa shape index (κ1) is 16.5. The van der Waals surface area contributed by atoms with Gasteiger partial charge < -0.3 is 5.73 Å². The van der Waals surface area contributed by atoms with Crippen molar-refractivity contribution in [1.29, 1.82) is 0 Å². The number of hydrogen-bond donors (Lipinski definition) is 1. The maximum absolute atomic E-state index is 6.05. The molecule has 0 amide bonds. The van der Waals surface area contributed by atoms with Crippen molar-refractivity contribution >= 4 is 0 Å². The molecule has 21 heavy (non-hydrogen) atoms. The van der Waals surface area contributed by atoms with Gasteiger partial charge in [-0.05, 0) is 52.6 Å². The maximum Gasteiger partial charge on any atom is 0.0644 e. The normalized spacial score (nSPS) is 24.5. The van der Waals surface area contributed by atoms with Gasteiger partial charge >= 0.3 is 0 Å². The standard InChI is InChI=1S/C17H32N4/c1-6-21(16-10-8-7-9-15(16)11-18)14(4)17-12(2)19-20(5)13(17)3/h14-16H,6-11,18H2,1-5H3. The van der Waals surface area contributed by atoms with Crippen molar-refractivity contribution in [1.82, 2.24) is 14.7 Å². The molecule has 1 aromatic heterocycles. The Balaban J connectivity index is 2.27. The molecule has 0 spiro atoms. The summed E-state index contributed by atoms with van der Waals surface area (Å²) in [6.45, 7) is 10.8. The number of aromatic nitrogens is 2. The van der Waals surface area contributed by atoms with E-state index in [1.807, 2.05) is 11.7 Å². The van der Waals surface area contributed by atoms with E-state index in [0.717, 1.165) is 13.1 Å². The molecule has 1 aliphatic carbocycles. The Kier molecular flexibility index (Phi) is 5.44. The van der Waals surface area contributed by atoms with Gasteiger partial charge in [0.1, 0.15) is 0 Å². The Morgan fingerprint density at radius 2 is 2.00 bits per heavy atom. The third-order valence-corrected chi connectivity index (χ3v) is 5.44. The third kappa shape index (κ3) is 3.16. The van der Waals surface area contributed by atoms with Crippen molar-refractivity contribution < 1.29 is 0 Å². The lowest BCUT2D eigenvalue weighted by Gasteiger charge is -2.42. The van der Waals surface area contributed by atoms with Crippen LogP contribution in [0, 0.1) is 19.8 Å². The molecule has 0 bridgehead atoms. The summed E-state index contributed by atoms with van der Waals surface area (Å²) in [5.41, 5.74) is 9.91. The van der Waals surface area contributed by atoms with Gasteiger partial charge in [-0.15, -0.1) is 0 Å². The molecule has 4 nitrogen and oxygen atoms in total. The highest BCUT2D eigenvalue weighted by molar-refractivity contribution is 5.28. The molecule has 3 atom stereocenters. The summed E-state index contributed by atoms with van der Waals surface area (Å²) in [6.07, 6.45) is 5.26. The van der Waals surface area contributed by atoms with E-state index >= 15 is 0 Å². The van der Waals surface area contributed by atoms with Crippen LogP contribution in [0.3, 0.4) is 0 Å². The summed E-state index contributed by atoms with van der Waals surface area (Å²) in [5, 5.41) is 4.60. The minimum absolute atomic E-state index is 0.417. The first-order chi connectivity index (χ1) is 10.0. The Morgan fingerprint density at radius 1 is 1.33 bits per heavy atom. The summed E-state index contributed by atoms with van der Waals surface area (Å²) in [4.78, 5) is 2.66. The predicted molar refractivity (Wildman–Crippen MR) is 88.3 cm³/mol. The third-order valence-electron chi connectivity index (χ3n) is 5.44. The van der Waals surface area contributed by atoms with E-state index in [2.05, 4.69) is 37.7 Å². The average molecular weight is 292 g/mol. The van der Waals surface area contributed by atoms with Gasteiger partial charge in [0.15, 0.2) is 0 Å². The van der Waals surface area contributed by atoms with Gasteiger partial charge in [0.25, 0.3) is 0 Å². The van der Waals surface area contributed by atoms with Gasteiger partial charge in [-0.3, -0.25) is 9.58 Å². The van der Waals surface area contributed by atoms with Crippen molar-refractivity contribution in [3.8, 4) is 0 Å². The highest BCUT2D eigenvalue weighted by atomic mass is 15.3. The number of nitrogens with zero attached hydrogens (tertiary/aromatic N) is 3. The summed E-state index contributed by atoms with van der Waals surface area (Å²) in [6, 6.07) is 1.05. The fraction of sp³-hybridized carbons (Fsp3) is 0.824. The van der Waals surface area contributed by atoms with Crippen LogP contribution in [0.4, 0.5) is 0 Å². The van der Waals surface area contributed by atoms with Crippen molar-refractivity contribution in [2.24, 2.45) is 18.7 Å². The van der Waals surface area contributed by atoms with Gasteiger partial charge in [0.2, 0.25) is 0 Å². The molecule has 2 rings (SSSR count). The lowest BCUT2D eigenvalue weighted by atomic mass is 9.82. The Labute approximate surface area is 129 Å². The highest BCUT2D eigenvalue weighted by Gasteiger charge is 2.33. The van der Waals surface area contributed by atoms with E-state index in [9.17, 15) is 0 Å². The largest absolute Gasteiger partial charge is 0.330 e. The summed E-state index contributed by atoms with van der Waals surface area (Å²) in [7, 11) is 2.04. The first-order valence-corrected chi connectivity index (χ1v) is 8.47. The monoisotopic (exact) mass is 292 g/mol. The maximum atomic E-state index is 6.05. The SMILES string of the molecule is CCN(C(C)c1c(C)nn(C)c1C)C1CCCCC1CN. The van der Waals surface area contributed by atoms with Crippen LogP contribution in [-0.2, 0) is 7.05 Å². The molecule has 0 radical (unpaired) electrons. The second-order valence-electron chi connectivity index (χ2n) is 6.56. The van der Waals surface area contributed by atoms with E-state index in [0.29, 0.717) is 18.0 Å². The predicted octanol–water partition coefficient (Wildman–Crippen LogP) is 2.94. The molecule has 120 valence electrons. The van der Waals surface area contributed by atoms with Gasteiger partial charge in [-0.2, -0.15) is 5.10 Å². The lowest BCUT2D eigenvalue weighted by Crippen LogP contribution is -2.46. The second-order valence-corrected chi connectivity index (χ2v) is 6.56. The summed E-state index contributed by atoms with van der Waals surface area (Å²) >= 11 is 0. The van der Waals surface area contributed by atoms with Crippen LogP contribution < -0.4 is 5.73 Å². The van der Waals surface area contributed by atoms with E-state index in [1.54, 1.807) is 0 Å². The minimum atomic E-state index is 0.417. The van der Waals surface area contributed by atoms with E-state index in [1.165, 1.54) is 42.6 Å². The van der Waals surface area contributed by atoms with Crippen molar-refractivity contribution in [2.45, 2.75) is 65.5 Å². The van der Waals surface area contributed by atoms with Crippen molar-refractivity contribution in [2.75, 3.05) is 13.1 Å². The molecule has 1 fully saturated rings. The average Bonchev–Trinajstić information content (AvgIpc) is 2.73. The number of aryl methyl sites for hydroxylation is 2. The molecular formula is C17H32N4. The van der Waals surface area contributed by atoms with Gasteiger partial charge in [0.05, 0.1) is 5.69 Å². The van der Waals surface area contributed by atoms with Crippen LogP contribution >= 0.6 is 0 Å². The molecule has 0 aromatic carbocycles. The van der Waals surface area contributed by atoms with Gasteiger partial charge in [0, 0.05) is 30.4 Å². The van der Waals surface area contributed by atoms with E-state index in [-0.39, 0.29) is 0 Å². The number of nitrogens with two attached hydrogens (primary N) is 1. The highest BCUT2D eigenvalue weighted by Crippen LogP contribution is 2.34. The Morgan fingerprint density at radius 3 is 2.52 bits per heavy atom. The molecular weight excluding hydrogens is 260 g/mol. The van der Waals surface area contributed by atoms with E-state index in [4.69, 9.17) is 5.73 Å². The molecule has 0 aliphatic heterocycles. The first-order valence-electron chi connectivity index (χ1n) is 8.47. The number of rotatable bonds is 5. The molecule has 1 heterocycles. The van der Waals surface area contributed by atoms with Crippen LogP contribution in [0.2, 0.25) is 0 Å². The molecule has 1 aromatic rings. The molecule has 1 aliphatic rings. The number of hydrogen-bond acceptors (Lipinski definition) is 3. The van der Waals surface area contributed by atoms with E-state index < -0.39 is 0 Å².